The lowest BCUT2D eigenvalue weighted by Gasteiger charge is -2.14. The summed E-state index contributed by atoms with van der Waals surface area (Å²) in [6.07, 6.45) is -4.41. The lowest BCUT2D eigenvalue weighted by Crippen LogP contribution is -2.34. The van der Waals surface area contributed by atoms with Gasteiger partial charge in [0.05, 0.1) is 16.1 Å². The molecule has 3 aromatic rings. The number of rotatable bonds is 3. The van der Waals surface area contributed by atoms with E-state index in [4.69, 9.17) is 11.6 Å². The Kier molecular flexibility index (Phi) is 6.31. The number of hydrogen-bond donors (Lipinski definition) is 2. The Labute approximate surface area is 181 Å². The Morgan fingerprint density at radius 3 is 2.23 bits per heavy atom. The van der Waals surface area contributed by atoms with Gasteiger partial charge in [-0.3, -0.25) is 15.4 Å². The summed E-state index contributed by atoms with van der Waals surface area (Å²) >= 11 is 5.95. The minimum Gasteiger partial charge on any atom is -0.292 e. The highest BCUT2D eigenvalue weighted by molar-refractivity contribution is 6.34. The SMILES string of the molecule is Cc1cc(NC(=O)NC(=O)c2ccccc2Cl)nc(C)c1-c1ccc(C(F)(F)F)cc1. The van der Waals surface area contributed by atoms with Crippen LogP contribution < -0.4 is 10.6 Å². The van der Waals surface area contributed by atoms with E-state index in [-0.39, 0.29) is 16.4 Å². The number of nitrogens with one attached hydrogen (secondary N) is 2. The van der Waals surface area contributed by atoms with E-state index in [1.807, 2.05) is 0 Å². The first-order valence-electron chi connectivity index (χ1n) is 9.09. The Hall–Kier alpha value is -3.39. The Morgan fingerprint density at radius 2 is 1.65 bits per heavy atom. The summed E-state index contributed by atoms with van der Waals surface area (Å²) in [6.45, 7) is 3.43. The number of benzene rings is 2. The van der Waals surface area contributed by atoms with Crippen LogP contribution in [0.2, 0.25) is 5.02 Å². The van der Waals surface area contributed by atoms with Crippen molar-refractivity contribution in [2.24, 2.45) is 0 Å². The molecular weight excluding hydrogens is 431 g/mol. The van der Waals surface area contributed by atoms with Crippen LogP contribution >= 0.6 is 11.6 Å². The number of anilines is 1. The molecule has 9 heteroatoms. The van der Waals surface area contributed by atoms with Crippen LogP contribution in [-0.2, 0) is 6.18 Å². The first-order chi connectivity index (χ1) is 14.6. The van der Waals surface area contributed by atoms with Crippen molar-refractivity contribution < 1.29 is 22.8 Å². The van der Waals surface area contributed by atoms with E-state index >= 15 is 0 Å². The highest BCUT2D eigenvalue weighted by atomic mass is 35.5. The van der Waals surface area contributed by atoms with Crippen LogP contribution in [0.3, 0.4) is 0 Å². The number of alkyl halides is 3. The van der Waals surface area contributed by atoms with Crippen LogP contribution in [0.25, 0.3) is 11.1 Å². The molecule has 2 N–H and O–H groups in total. The highest BCUT2D eigenvalue weighted by Crippen LogP contribution is 2.33. The van der Waals surface area contributed by atoms with Gasteiger partial charge >= 0.3 is 12.2 Å². The first-order valence-corrected chi connectivity index (χ1v) is 9.47. The van der Waals surface area contributed by atoms with Crippen LogP contribution in [0.4, 0.5) is 23.8 Å². The molecule has 160 valence electrons. The van der Waals surface area contributed by atoms with Crippen molar-refractivity contribution in [3.05, 3.63) is 82.0 Å². The third kappa shape index (κ3) is 5.21. The van der Waals surface area contributed by atoms with Gasteiger partial charge in [0.2, 0.25) is 0 Å². The summed E-state index contributed by atoms with van der Waals surface area (Å²) in [7, 11) is 0. The number of halogens is 4. The molecular formula is C22H17ClF3N3O2. The fraction of sp³-hybridized carbons (Fsp3) is 0.136. The molecule has 0 atom stereocenters. The number of carbonyl (C=O) groups is 2. The lowest BCUT2D eigenvalue weighted by atomic mass is 9.98. The molecule has 0 saturated carbocycles. The molecule has 3 rings (SSSR count). The predicted octanol–water partition coefficient (Wildman–Crippen LogP) is 6.00. The molecule has 3 amide bonds. The molecule has 5 nitrogen and oxygen atoms in total. The number of imide groups is 1. The molecule has 0 aliphatic carbocycles. The summed E-state index contributed by atoms with van der Waals surface area (Å²) in [5, 5.41) is 4.86. The van der Waals surface area contributed by atoms with Gasteiger partial charge in [0, 0.05) is 11.3 Å². The van der Waals surface area contributed by atoms with Crippen LogP contribution in [0, 0.1) is 13.8 Å². The topological polar surface area (TPSA) is 71.1 Å². The number of aromatic nitrogens is 1. The molecule has 0 bridgehead atoms. The van der Waals surface area contributed by atoms with Crippen LogP contribution in [0.5, 0.6) is 0 Å². The second kappa shape index (κ2) is 8.77. The first kappa shape index (κ1) is 22.3. The maximum atomic E-state index is 12.8. The number of pyridine rings is 1. The second-order valence-corrected chi connectivity index (χ2v) is 7.16. The number of hydrogen-bond acceptors (Lipinski definition) is 3. The van der Waals surface area contributed by atoms with Crippen molar-refractivity contribution in [3.63, 3.8) is 0 Å². The van der Waals surface area contributed by atoms with Crippen molar-refractivity contribution >= 4 is 29.4 Å². The second-order valence-electron chi connectivity index (χ2n) is 6.75. The largest absolute Gasteiger partial charge is 0.416 e. The van der Waals surface area contributed by atoms with E-state index < -0.39 is 23.7 Å². The smallest absolute Gasteiger partial charge is 0.292 e. The molecule has 1 aromatic heterocycles. The van der Waals surface area contributed by atoms with Gasteiger partial charge in [0.15, 0.2) is 0 Å². The van der Waals surface area contributed by atoms with E-state index in [0.717, 1.165) is 12.1 Å². The average Bonchev–Trinajstić information content (AvgIpc) is 2.67. The zero-order valence-electron chi connectivity index (χ0n) is 16.5. The van der Waals surface area contributed by atoms with Crippen molar-refractivity contribution in [3.8, 4) is 11.1 Å². The summed E-state index contributed by atoms with van der Waals surface area (Å²) in [6, 6.07) is 11.8. The standard InChI is InChI=1S/C22H17ClF3N3O2/c1-12-11-18(28-21(31)29-20(30)16-5-3-4-6-17(16)23)27-13(2)19(12)14-7-9-15(10-8-14)22(24,25)26/h3-11H,1-2H3,(H2,27,28,29,30,31). The molecule has 0 aliphatic heterocycles. The molecule has 0 radical (unpaired) electrons. The van der Waals surface area contributed by atoms with E-state index in [1.54, 1.807) is 32.0 Å². The number of aryl methyl sites for hydroxylation is 2. The van der Waals surface area contributed by atoms with Gasteiger partial charge in [-0.2, -0.15) is 13.2 Å². The van der Waals surface area contributed by atoms with E-state index in [1.165, 1.54) is 24.3 Å². The molecule has 1 heterocycles. The van der Waals surface area contributed by atoms with Crippen molar-refractivity contribution in [1.82, 2.24) is 10.3 Å². The monoisotopic (exact) mass is 447 g/mol. The fourth-order valence-corrected chi connectivity index (χ4v) is 3.34. The minimum absolute atomic E-state index is 0.150. The van der Waals surface area contributed by atoms with Crippen molar-refractivity contribution in [2.45, 2.75) is 20.0 Å². The van der Waals surface area contributed by atoms with Crippen LogP contribution in [0.15, 0.2) is 54.6 Å². The lowest BCUT2D eigenvalue weighted by molar-refractivity contribution is -0.137. The quantitative estimate of drug-likeness (QED) is 0.517. The number of urea groups is 1. The molecule has 0 aliphatic rings. The van der Waals surface area contributed by atoms with Crippen LogP contribution in [-0.4, -0.2) is 16.9 Å². The normalized spacial score (nSPS) is 11.2. The predicted molar refractivity (Wildman–Crippen MR) is 112 cm³/mol. The summed E-state index contributed by atoms with van der Waals surface area (Å²) in [5.74, 6) is -0.479. The summed E-state index contributed by atoms with van der Waals surface area (Å²) in [5.41, 5.74) is 1.84. The molecule has 0 unspecified atom stereocenters. The summed E-state index contributed by atoms with van der Waals surface area (Å²) in [4.78, 5) is 28.7. The molecule has 0 spiro atoms. The zero-order valence-corrected chi connectivity index (χ0v) is 17.2. The Morgan fingerprint density at radius 1 is 1.00 bits per heavy atom. The van der Waals surface area contributed by atoms with E-state index in [9.17, 15) is 22.8 Å². The highest BCUT2D eigenvalue weighted by Gasteiger charge is 2.30. The molecule has 0 fully saturated rings. The maximum absolute atomic E-state index is 12.8. The average molecular weight is 448 g/mol. The zero-order chi connectivity index (χ0) is 22.8. The molecule has 0 saturated heterocycles. The van der Waals surface area contributed by atoms with E-state index in [2.05, 4.69) is 15.6 Å². The fourth-order valence-electron chi connectivity index (χ4n) is 3.12. The van der Waals surface area contributed by atoms with Crippen molar-refractivity contribution in [2.75, 3.05) is 5.32 Å². The van der Waals surface area contributed by atoms with E-state index in [0.29, 0.717) is 22.4 Å². The third-order valence-corrected chi connectivity index (χ3v) is 4.82. The number of nitrogens with zero attached hydrogens (tertiary/aromatic N) is 1. The van der Waals surface area contributed by atoms with Gasteiger partial charge in [-0.05, 0) is 55.3 Å². The summed E-state index contributed by atoms with van der Waals surface area (Å²) < 4.78 is 38.4. The van der Waals surface area contributed by atoms with Gasteiger partial charge in [-0.15, -0.1) is 0 Å². The van der Waals surface area contributed by atoms with Gasteiger partial charge in [0.25, 0.3) is 5.91 Å². The molecule has 31 heavy (non-hydrogen) atoms. The van der Waals surface area contributed by atoms with Crippen molar-refractivity contribution in [1.29, 1.82) is 0 Å². The molecule has 2 aromatic carbocycles. The van der Waals surface area contributed by atoms with Gasteiger partial charge in [-0.1, -0.05) is 35.9 Å². The minimum atomic E-state index is -4.41. The third-order valence-electron chi connectivity index (χ3n) is 4.49. The van der Waals surface area contributed by atoms with Gasteiger partial charge in [0.1, 0.15) is 5.82 Å². The number of carbonyl (C=O) groups excluding carboxylic acids is 2. The van der Waals surface area contributed by atoms with Crippen LogP contribution in [0.1, 0.15) is 27.2 Å². The van der Waals surface area contributed by atoms with Gasteiger partial charge in [-0.25, -0.2) is 9.78 Å². The van der Waals surface area contributed by atoms with Gasteiger partial charge < -0.3 is 0 Å². The Bertz CT molecular complexity index is 1120. The Balaban J connectivity index is 1.76. The number of amides is 3. The maximum Gasteiger partial charge on any atom is 0.416 e.